The van der Waals surface area contributed by atoms with Gasteiger partial charge in [0.2, 0.25) is 0 Å². The summed E-state index contributed by atoms with van der Waals surface area (Å²) >= 11 is 0. The van der Waals surface area contributed by atoms with Gasteiger partial charge in [-0.3, -0.25) is 9.59 Å². The average molecular weight is 335 g/mol. The van der Waals surface area contributed by atoms with E-state index in [-0.39, 0.29) is 12.5 Å². The molecule has 0 aliphatic rings. The predicted octanol–water partition coefficient (Wildman–Crippen LogP) is 2.44. The summed E-state index contributed by atoms with van der Waals surface area (Å²) in [5.74, 6) is -0.892. The molecular formula is C19H17N3O3. The molecule has 0 spiro atoms. The van der Waals surface area contributed by atoms with Crippen molar-refractivity contribution in [3.63, 3.8) is 0 Å². The summed E-state index contributed by atoms with van der Waals surface area (Å²) in [6.07, 6.45) is 1.66. The molecule has 3 rings (SSSR count). The summed E-state index contributed by atoms with van der Waals surface area (Å²) in [7, 11) is 1.28. The Morgan fingerprint density at radius 2 is 1.68 bits per heavy atom. The highest BCUT2D eigenvalue weighted by atomic mass is 16.5. The number of nitrogens with zero attached hydrogens (tertiary/aromatic N) is 2. The quantitative estimate of drug-likeness (QED) is 0.727. The molecule has 0 bridgehead atoms. The van der Waals surface area contributed by atoms with Gasteiger partial charge < -0.3 is 10.1 Å². The number of rotatable bonds is 5. The molecular weight excluding hydrogens is 318 g/mol. The lowest BCUT2D eigenvalue weighted by Gasteiger charge is -2.04. The third-order valence-corrected chi connectivity index (χ3v) is 3.65. The number of benzene rings is 2. The molecule has 126 valence electrons. The van der Waals surface area contributed by atoms with Gasteiger partial charge in [-0.25, -0.2) is 4.68 Å². The first-order valence-corrected chi connectivity index (χ1v) is 7.74. The highest BCUT2D eigenvalue weighted by molar-refractivity contribution is 6.01. The lowest BCUT2D eigenvalue weighted by molar-refractivity contribution is -0.139. The minimum absolute atomic E-state index is 0.194. The molecule has 3 aromatic rings. The van der Waals surface area contributed by atoms with Crippen LogP contribution in [0.1, 0.15) is 10.4 Å². The van der Waals surface area contributed by atoms with Crippen molar-refractivity contribution in [1.29, 1.82) is 0 Å². The topological polar surface area (TPSA) is 73.2 Å². The second kappa shape index (κ2) is 7.44. The highest BCUT2D eigenvalue weighted by Gasteiger charge is 2.19. The van der Waals surface area contributed by atoms with Crippen molar-refractivity contribution in [1.82, 2.24) is 15.1 Å². The number of nitrogens with one attached hydrogen (secondary N) is 1. The number of carbonyl (C=O) groups is 2. The first kappa shape index (κ1) is 16.4. The Bertz CT molecular complexity index is 873. The van der Waals surface area contributed by atoms with Crippen LogP contribution in [0.15, 0.2) is 66.9 Å². The Morgan fingerprint density at radius 3 is 2.32 bits per heavy atom. The van der Waals surface area contributed by atoms with Gasteiger partial charge in [0.05, 0.1) is 18.4 Å². The Morgan fingerprint density at radius 1 is 1.04 bits per heavy atom. The number of para-hydroxylation sites is 1. The summed E-state index contributed by atoms with van der Waals surface area (Å²) in [5.41, 5.74) is 2.60. The van der Waals surface area contributed by atoms with Gasteiger partial charge in [0.1, 0.15) is 12.2 Å². The van der Waals surface area contributed by atoms with Crippen LogP contribution in [0.3, 0.4) is 0 Å². The van der Waals surface area contributed by atoms with Crippen molar-refractivity contribution in [3.8, 4) is 16.9 Å². The summed E-state index contributed by atoms with van der Waals surface area (Å²) in [5, 5.41) is 7.12. The molecule has 1 aromatic heterocycles. The van der Waals surface area contributed by atoms with Crippen LogP contribution < -0.4 is 5.32 Å². The molecule has 6 nitrogen and oxygen atoms in total. The van der Waals surface area contributed by atoms with Crippen LogP contribution in [-0.2, 0) is 9.53 Å². The predicted molar refractivity (Wildman–Crippen MR) is 93.3 cm³/mol. The maximum atomic E-state index is 12.5. The normalized spacial score (nSPS) is 10.3. The number of methoxy groups -OCH3 is 1. The van der Waals surface area contributed by atoms with Crippen molar-refractivity contribution in [2.24, 2.45) is 0 Å². The van der Waals surface area contributed by atoms with E-state index >= 15 is 0 Å². The Hall–Kier alpha value is -3.41. The zero-order chi connectivity index (χ0) is 17.6. The Balaban J connectivity index is 1.99. The summed E-state index contributed by atoms with van der Waals surface area (Å²) in [4.78, 5) is 23.8. The van der Waals surface area contributed by atoms with Crippen LogP contribution in [0.5, 0.6) is 0 Å². The van der Waals surface area contributed by atoms with Crippen molar-refractivity contribution >= 4 is 11.9 Å². The van der Waals surface area contributed by atoms with Crippen molar-refractivity contribution in [2.75, 3.05) is 13.7 Å². The molecule has 0 saturated heterocycles. The molecule has 0 fully saturated rings. The Kier molecular flexibility index (Phi) is 4.89. The number of carbonyl (C=O) groups excluding carboxylic acids is 2. The third kappa shape index (κ3) is 3.74. The first-order chi connectivity index (χ1) is 12.2. The van der Waals surface area contributed by atoms with Gasteiger partial charge in [-0.2, -0.15) is 5.10 Å². The molecule has 1 amide bonds. The fourth-order valence-electron chi connectivity index (χ4n) is 2.38. The highest BCUT2D eigenvalue weighted by Crippen LogP contribution is 2.23. The second-order valence-corrected chi connectivity index (χ2v) is 5.30. The second-order valence-electron chi connectivity index (χ2n) is 5.30. The zero-order valence-electron chi connectivity index (χ0n) is 13.7. The lowest BCUT2D eigenvalue weighted by Crippen LogP contribution is -2.30. The van der Waals surface area contributed by atoms with Crippen LogP contribution in [0, 0.1) is 0 Å². The number of hydrogen-bond donors (Lipinski definition) is 1. The van der Waals surface area contributed by atoms with Crippen LogP contribution in [-0.4, -0.2) is 35.3 Å². The molecule has 1 N–H and O–H groups in total. The third-order valence-electron chi connectivity index (χ3n) is 3.65. The first-order valence-electron chi connectivity index (χ1n) is 7.74. The maximum absolute atomic E-state index is 12.5. The largest absolute Gasteiger partial charge is 0.468 e. The van der Waals surface area contributed by atoms with Crippen LogP contribution >= 0.6 is 0 Å². The van der Waals surface area contributed by atoms with Gasteiger partial charge in [0, 0.05) is 11.8 Å². The van der Waals surface area contributed by atoms with E-state index in [1.54, 1.807) is 10.9 Å². The van der Waals surface area contributed by atoms with E-state index in [4.69, 9.17) is 0 Å². The molecule has 0 radical (unpaired) electrons. The molecule has 0 unspecified atom stereocenters. The van der Waals surface area contributed by atoms with Crippen LogP contribution in [0.4, 0.5) is 0 Å². The zero-order valence-corrected chi connectivity index (χ0v) is 13.7. The molecule has 0 aliphatic heterocycles. The number of aromatic nitrogens is 2. The van der Waals surface area contributed by atoms with Gasteiger partial charge in [0.15, 0.2) is 0 Å². The van der Waals surface area contributed by atoms with E-state index in [2.05, 4.69) is 15.2 Å². The average Bonchev–Trinajstić information content (AvgIpc) is 3.12. The molecule has 6 heteroatoms. The van der Waals surface area contributed by atoms with E-state index in [1.807, 2.05) is 60.7 Å². The number of ether oxygens (including phenoxy) is 1. The van der Waals surface area contributed by atoms with Crippen molar-refractivity contribution in [2.45, 2.75) is 0 Å². The number of hydrogen-bond acceptors (Lipinski definition) is 4. The van der Waals surface area contributed by atoms with Crippen molar-refractivity contribution in [3.05, 3.63) is 72.4 Å². The minimum Gasteiger partial charge on any atom is -0.468 e. The van der Waals surface area contributed by atoms with Gasteiger partial charge in [-0.05, 0) is 12.1 Å². The minimum atomic E-state index is -0.509. The summed E-state index contributed by atoms with van der Waals surface area (Å²) in [6.45, 7) is -0.194. The van der Waals surface area contributed by atoms with E-state index in [9.17, 15) is 9.59 Å². The molecule has 1 heterocycles. The van der Waals surface area contributed by atoms with Crippen LogP contribution in [0.2, 0.25) is 0 Å². The molecule has 0 atom stereocenters. The number of esters is 1. The number of amides is 1. The fourth-order valence-corrected chi connectivity index (χ4v) is 2.38. The monoisotopic (exact) mass is 335 g/mol. The lowest BCUT2D eigenvalue weighted by atomic mass is 10.1. The SMILES string of the molecule is COC(=O)CNC(=O)c1cn(-c2ccccc2)nc1-c1ccccc1. The van der Waals surface area contributed by atoms with E-state index < -0.39 is 5.97 Å². The van der Waals surface area contributed by atoms with Crippen LogP contribution in [0.25, 0.3) is 16.9 Å². The van der Waals surface area contributed by atoms with Gasteiger partial charge in [-0.15, -0.1) is 0 Å². The Labute approximate surface area is 145 Å². The molecule has 0 aliphatic carbocycles. The molecule has 25 heavy (non-hydrogen) atoms. The van der Waals surface area contributed by atoms with Crippen molar-refractivity contribution < 1.29 is 14.3 Å². The van der Waals surface area contributed by atoms with E-state index in [1.165, 1.54) is 7.11 Å². The van der Waals surface area contributed by atoms with Gasteiger partial charge in [0.25, 0.3) is 5.91 Å². The standard InChI is InChI=1S/C19H17N3O3/c1-25-17(23)12-20-19(24)16-13-22(15-10-6-3-7-11-15)21-18(16)14-8-4-2-5-9-14/h2-11,13H,12H2,1H3,(H,20,24). The summed E-state index contributed by atoms with van der Waals surface area (Å²) < 4.78 is 6.20. The van der Waals surface area contributed by atoms with Gasteiger partial charge >= 0.3 is 5.97 Å². The summed E-state index contributed by atoms with van der Waals surface area (Å²) in [6, 6.07) is 18.9. The maximum Gasteiger partial charge on any atom is 0.325 e. The van der Waals surface area contributed by atoms with E-state index in [0.717, 1.165) is 11.3 Å². The van der Waals surface area contributed by atoms with E-state index in [0.29, 0.717) is 11.3 Å². The smallest absolute Gasteiger partial charge is 0.325 e. The van der Waals surface area contributed by atoms with Gasteiger partial charge in [-0.1, -0.05) is 48.5 Å². The fraction of sp³-hybridized carbons (Fsp3) is 0.105. The molecule has 2 aromatic carbocycles. The molecule has 0 saturated carbocycles.